The van der Waals surface area contributed by atoms with Crippen LogP contribution in [0.5, 0.6) is 0 Å². The first-order valence-corrected chi connectivity index (χ1v) is 10.6. The lowest BCUT2D eigenvalue weighted by Crippen LogP contribution is -2.36. The summed E-state index contributed by atoms with van der Waals surface area (Å²) < 4.78 is 28.6. The minimum atomic E-state index is -3.39. The van der Waals surface area contributed by atoms with Crippen molar-refractivity contribution in [2.45, 2.75) is 23.2 Å². The smallest absolute Gasteiger partial charge is 0.250 e. The molecule has 3 rings (SSSR count). The summed E-state index contributed by atoms with van der Waals surface area (Å²) >= 11 is 6.23. The Bertz CT molecular complexity index is 703. The zero-order chi connectivity index (χ0) is 14.9. The summed E-state index contributed by atoms with van der Waals surface area (Å²) in [6, 6.07) is 5.51. The first-order chi connectivity index (χ1) is 10.0. The number of rotatable bonds is 5. The van der Waals surface area contributed by atoms with Gasteiger partial charge in [-0.3, -0.25) is 4.90 Å². The van der Waals surface area contributed by atoms with Crippen LogP contribution in [0.25, 0.3) is 0 Å². The van der Waals surface area contributed by atoms with Crippen LogP contribution in [-0.4, -0.2) is 32.4 Å². The van der Waals surface area contributed by atoms with Crippen molar-refractivity contribution >= 4 is 61.0 Å². The molecule has 0 radical (unpaired) electrons. The predicted octanol–water partition coefficient (Wildman–Crippen LogP) is 3.55. The van der Waals surface area contributed by atoms with Gasteiger partial charge in [0.25, 0.3) is 0 Å². The second-order valence-corrected chi connectivity index (χ2v) is 10.2. The van der Waals surface area contributed by atoms with Gasteiger partial charge in [-0.25, -0.2) is 13.1 Å². The highest BCUT2D eigenvalue weighted by Crippen LogP contribution is 2.26. The molecule has 1 aliphatic heterocycles. The van der Waals surface area contributed by atoms with Gasteiger partial charge in [0.1, 0.15) is 4.21 Å². The molecule has 1 fully saturated rings. The van der Waals surface area contributed by atoms with Crippen molar-refractivity contribution in [3.8, 4) is 0 Å². The first-order valence-electron chi connectivity index (χ1n) is 6.54. The topological polar surface area (TPSA) is 49.4 Å². The lowest BCUT2D eigenvalue weighted by Gasteiger charge is -2.15. The standard InChI is InChI=1S/C13H15BrN2O2S3.ClH/c14-12-1-2-13(20-12)21(17,18)15-11-3-5-16(8-11)7-10-4-6-19-9-10;/h1-2,4,6,9,11,15H,3,5,7-8H2;1H. The molecule has 0 aromatic carbocycles. The highest BCUT2D eigenvalue weighted by molar-refractivity contribution is 9.11. The normalized spacial score (nSPS) is 19.2. The van der Waals surface area contributed by atoms with Crippen molar-refractivity contribution < 1.29 is 8.42 Å². The van der Waals surface area contributed by atoms with E-state index in [4.69, 9.17) is 0 Å². The lowest BCUT2D eigenvalue weighted by molar-refractivity contribution is 0.325. The summed E-state index contributed by atoms with van der Waals surface area (Å²) in [4.78, 5) is 2.29. The van der Waals surface area contributed by atoms with E-state index in [0.717, 1.165) is 29.8 Å². The third-order valence-corrected chi connectivity index (χ3v) is 7.76. The van der Waals surface area contributed by atoms with E-state index in [1.165, 1.54) is 16.9 Å². The van der Waals surface area contributed by atoms with E-state index in [0.29, 0.717) is 4.21 Å². The van der Waals surface area contributed by atoms with E-state index in [2.05, 4.69) is 42.4 Å². The number of sulfonamides is 1. The van der Waals surface area contributed by atoms with E-state index >= 15 is 0 Å². The molecule has 2 aromatic heterocycles. The maximum atomic E-state index is 12.3. The Balaban J connectivity index is 0.00000176. The highest BCUT2D eigenvalue weighted by Gasteiger charge is 2.28. The molecule has 1 N–H and O–H groups in total. The summed E-state index contributed by atoms with van der Waals surface area (Å²) in [7, 11) is -3.39. The Morgan fingerprint density at radius 2 is 2.18 bits per heavy atom. The molecule has 0 amide bonds. The van der Waals surface area contributed by atoms with E-state index < -0.39 is 10.0 Å². The molecule has 1 atom stereocenters. The molecule has 4 nitrogen and oxygen atoms in total. The Morgan fingerprint density at radius 1 is 1.36 bits per heavy atom. The van der Waals surface area contributed by atoms with Crippen LogP contribution in [0, 0.1) is 0 Å². The van der Waals surface area contributed by atoms with Gasteiger partial charge in [0, 0.05) is 25.7 Å². The van der Waals surface area contributed by atoms with Gasteiger partial charge in [-0.1, -0.05) is 0 Å². The highest BCUT2D eigenvalue weighted by atomic mass is 79.9. The molecule has 9 heteroatoms. The van der Waals surface area contributed by atoms with Gasteiger partial charge in [0.15, 0.2) is 0 Å². The van der Waals surface area contributed by atoms with E-state index in [1.807, 2.05) is 0 Å². The maximum absolute atomic E-state index is 12.3. The molecule has 122 valence electrons. The van der Waals surface area contributed by atoms with Gasteiger partial charge in [-0.15, -0.1) is 23.7 Å². The maximum Gasteiger partial charge on any atom is 0.250 e. The Morgan fingerprint density at radius 3 is 2.82 bits per heavy atom. The molecule has 2 aromatic rings. The van der Waals surface area contributed by atoms with Crippen LogP contribution in [0.2, 0.25) is 0 Å². The molecule has 0 aliphatic carbocycles. The number of hydrogen-bond donors (Lipinski definition) is 1. The van der Waals surface area contributed by atoms with Crippen LogP contribution in [0.15, 0.2) is 37.0 Å². The van der Waals surface area contributed by atoms with Crippen molar-refractivity contribution in [2.75, 3.05) is 13.1 Å². The summed E-state index contributed by atoms with van der Waals surface area (Å²) in [5.41, 5.74) is 1.30. The second-order valence-electron chi connectivity index (χ2n) is 5.03. The first kappa shape index (κ1) is 18.4. The van der Waals surface area contributed by atoms with E-state index in [-0.39, 0.29) is 18.4 Å². The predicted molar refractivity (Wildman–Crippen MR) is 97.6 cm³/mol. The van der Waals surface area contributed by atoms with E-state index in [1.54, 1.807) is 23.5 Å². The van der Waals surface area contributed by atoms with Crippen LogP contribution in [0.1, 0.15) is 12.0 Å². The summed E-state index contributed by atoms with van der Waals surface area (Å²) in [6.07, 6.45) is 0.857. The van der Waals surface area contributed by atoms with Gasteiger partial charge in [-0.05, 0) is 56.9 Å². The monoisotopic (exact) mass is 442 g/mol. The van der Waals surface area contributed by atoms with Gasteiger partial charge in [-0.2, -0.15) is 11.3 Å². The minimum Gasteiger partial charge on any atom is -0.297 e. The van der Waals surface area contributed by atoms with Crippen LogP contribution in [0.3, 0.4) is 0 Å². The number of likely N-dealkylation sites (tertiary alicyclic amines) is 1. The number of thiophene rings is 2. The minimum absolute atomic E-state index is 0. The lowest BCUT2D eigenvalue weighted by atomic mass is 10.3. The van der Waals surface area contributed by atoms with Crippen molar-refractivity contribution in [1.29, 1.82) is 0 Å². The van der Waals surface area contributed by atoms with Crippen LogP contribution < -0.4 is 4.72 Å². The quantitative estimate of drug-likeness (QED) is 0.769. The van der Waals surface area contributed by atoms with Crippen LogP contribution in [0.4, 0.5) is 0 Å². The van der Waals surface area contributed by atoms with Crippen molar-refractivity contribution in [2.24, 2.45) is 0 Å². The molecule has 3 heterocycles. The molecule has 1 aliphatic rings. The average Bonchev–Trinajstić information content (AvgIpc) is 3.12. The fraction of sp³-hybridized carbons (Fsp3) is 0.385. The van der Waals surface area contributed by atoms with Gasteiger partial charge in [0.05, 0.1) is 3.79 Å². The summed E-state index contributed by atoms with van der Waals surface area (Å²) in [6.45, 7) is 2.59. The number of hydrogen-bond acceptors (Lipinski definition) is 5. The Labute approximate surface area is 153 Å². The van der Waals surface area contributed by atoms with Crippen molar-refractivity contribution in [3.63, 3.8) is 0 Å². The van der Waals surface area contributed by atoms with Crippen molar-refractivity contribution in [1.82, 2.24) is 9.62 Å². The zero-order valence-electron chi connectivity index (χ0n) is 11.6. The van der Waals surface area contributed by atoms with Crippen molar-refractivity contribution in [3.05, 3.63) is 38.3 Å². The largest absolute Gasteiger partial charge is 0.297 e. The third-order valence-electron chi connectivity index (χ3n) is 3.39. The summed E-state index contributed by atoms with van der Waals surface area (Å²) in [5, 5.41) is 4.21. The van der Waals surface area contributed by atoms with Crippen LogP contribution in [-0.2, 0) is 16.6 Å². The molecular weight excluding hydrogens is 428 g/mol. The fourth-order valence-corrected chi connectivity index (χ4v) is 6.38. The SMILES string of the molecule is Cl.O=S(=O)(NC1CCN(Cc2ccsc2)C1)c1ccc(Br)s1. The fourth-order valence-electron chi connectivity index (χ4n) is 2.43. The molecule has 0 spiro atoms. The van der Waals surface area contributed by atoms with Gasteiger partial charge in [0.2, 0.25) is 10.0 Å². The molecular formula is C13H16BrClN2O2S3. The number of nitrogens with zero attached hydrogens (tertiary/aromatic N) is 1. The van der Waals surface area contributed by atoms with E-state index in [9.17, 15) is 8.42 Å². The average molecular weight is 444 g/mol. The molecule has 1 unspecified atom stereocenters. The Hall–Kier alpha value is 0.0400. The molecule has 0 saturated carbocycles. The van der Waals surface area contributed by atoms with Gasteiger partial charge >= 0.3 is 0 Å². The summed E-state index contributed by atoms with van der Waals surface area (Å²) in [5.74, 6) is 0. The third kappa shape index (κ3) is 4.53. The molecule has 1 saturated heterocycles. The molecule has 0 bridgehead atoms. The molecule has 22 heavy (non-hydrogen) atoms. The zero-order valence-corrected chi connectivity index (χ0v) is 16.4. The van der Waals surface area contributed by atoms with Crippen LogP contribution >= 0.6 is 51.0 Å². The number of nitrogens with one attached hydrogen (secondary N) is 1. The van der Waals surface area contributed by atoms with Gasteiger partial charge < -0.3 is 0 Å². The Kier molecular flexibility index (Phi) is 6.47. The second kappa shape index (κ2) is 7.74. The number of halogens is 2.